The van der Waals surface area contributed by atoms with Crippen LogP contribution in [0.3, 0.4) is 0 Å². The summed E-state index contributed by atoms with van der Waals surface area (Å²) < 4.78 is 5.10. The minimum absolute atomic E-state index is 0.197. The molecule has 0 fully saturated rings. The van der Waals surface area contributed by atoms with E-state index >= 15 is 0 Å². The van der Waals surface area contributed by atoms with Crippen LogP contribution in [0.4, 0.5) is 0 Å². The molecule has 0 heterocycles. The number of benzene rings is 2. The molecule has 0 saturated heterocycles. The second kappa shape index (κ2) is 6.85. The van der Waals surface area contributed by atoms with E-state index in [2.05, 4.69) is 6.58 Å². The van der Waals surface area contributed by atoms with Gasteiger partial charge in [-0.2, -0.15) is 0 Å². The minimum Gasteiger partial charge on any atom is -0.454 e. The van der Waals surface area contributed by atoms with E-state index in [-0.39, 0.29) is 12.4 Å². The van der Waals surface area contributed by atoms with Crippen LogP contribution in [-0.2, 0) is 4.74 Å². The first-order valence-electron chi connectivity index (χ1n) is 7.02. The lowest BCUT2D eigenvalue weighted by molar-refractivity contribution is 0.0474. The highest BCUT2D eigenvalue weighted by molar-refractivity contribution is 6.00. The zero-order valence-corrected chi connectivity index (χ0v) is 12.8. The number of aryl methyl sites for hydroxylation is 1. The van der Waals surface area contributed by atoms with E-state index < -0.39 is 5.97 Å². The Hall–Kier alpha value is -2.68. The fourth-order valence-electron chi connectivity index (χ4n) is 2.10. The highest BCUT2D eigenvalue weighted by Crippen LogP contribution is 2.14. The summed E-state index contributed by atoms with van der Waals surface area (Å²) >= 11 is 0. The highest BCUT2D eigenvalue weighted by atomic mass is 16.5. The number of rotatable bonds is 5. The van der Waals surface area contributed by atoms with Gasteiger partial charge in [0.25, 0.3) is 0 Å². The molecule has 0 spiro atoms. The van der Waals surface area contributed by atoms with Crippen molar-refractivity contribution >= 4 is 17.8 Å². The molecule has 3 nitrogen and oxygen atoms in total. The van der Waals surface area contributed by atoms with Gasteiger partial charge in [-0.15, -0.1) is 0 Å². The van der Waals surface area contributed by atoms with Crippen LogP contribution in [-0.4, -0.2) is 18.4 Å². The van der Waals surface area contributed by atoms with Crippen LogP contribution in [0.1, 0.15) is 37.4 Å². The quantitative estimate of drug-likeness (QED) is 0.618. The predicted octanol–water partition coefficient (Wildman–Crippen LogP) is 3.99. The van der Waals surface area contributed by atoms with E-state index in [1.165, 1.54) is 0 Å². The number of Topliss-reactive ketones (excluding diaryl/α,β-unsaturated/α-hetero) is 1. The van der Waals surface area contributed by atoms with Crippen LogP contribution in [0.5, 0.6) is 0 Å². The summed E-state index contributed by atoms with van der Waals surface area (Å²) in [6.45, 7) is 7.23. The van der Waals surface area contributed by atoms with Crippen molar-refractivity contribution in [3.8, 4) is 0 Å². The van der Waals surface area contributed by atoms with Gasteiger partial charge in [-0.05, 0) is 42.7 Å². The molecule has 3 heteroatoms. The molecule has 0 bridgehead atoms. The van der Waals surface area contributed by atoms with Gasteiger partial charge in [0.2, 0.25) is 5.78 Å². The smallest absolute Gasteiger partial charge is 0.338 e. The first-order chi connectivity index (χ1) is 10.5. The Kier molecular flexibility index (Phi) is 4.89. The van der Waals surface area contributed by atoms with Gasteiger partial charge in [0, 0.05) is 5.56 Å². The second-order valence-corrected chi connectivity index (χ2v) is 5.07. The van der Waals surface area contributed by atoms with Gasteiger partial charge < -0.3 is 4.74 Å². The summed E-state index contributed by atoms with van der Waals surface area (Å²) in [5, 5.41) is 0. The van der Waals surface area contributed by atoms with E-state index in [0.29, 0.717) is 11.1 Å². The van der Waals surface area contributed by atoms with Gasteiger partial charge in [-0.3, -0.25) is 4.79 Å². The summed E-state index contributed by atoms with van der Waals surface area (Å²) in [5.74, 6) is -0.702. The number of carbonyl (C=O) groups excluding carboxylic acids is 2. The highest BCUT2D eigenvalue weighted by Gasteiger charge is 2.14. The van der Waals surface area contributed by atoms with Crippen molar-refractivity contribution < 1.29 is 14.3 Å². The van der Waals surface area contributed by atoms with E-state index in [0.717, 1.165) is 16.7 Å². The van der Waals surface area contributed by atoms with Crippen LogP contribution < -0.4 is 0 Å². The van der Waals surface area contributed by atoms with Crippen molar-refractivity contribution in [3.63, 3.8) is 0 Å². The Morgan fingerprint density at radius 1 is 1.09 bits per heavy atom. The molecule has 2 aromatic carbocycles. The molecule has 0 aliphatic rings. The molecule has 0 radical (unpaired) electrons. The summed E-state index contributed by atoms with van der Waals surface area (Å²) in [6.07, 6.45) is 1.69. The maximum absolute atomic E-state index is 12.2. The van der Waals surface area contributed by atoms with Crippen molar-refractivity contribution in [2.75, 3.05) is 6.61 Å². The SMILES string of the molecule is C=Cc1ccc(C(=O)OCC(=O)c2cccc(C)c2C)cc1. The molecule has 0 saturated carbocycles. The Balaban J connectivity index is 2.02. The van der Waals surface area contributed by atoms with Crippen LogP contribution in [0.2, 0.25) is 0 Å². The molecule has 112 valence electrons. The monoisotopic (exact) mass is 294 g/mol. The normalized spacial score (nSPS) is 10.1. The zero-order valence-electron chi connectivity index (χ0n) is 12.8. The topological polar surface area (TPSA) is 43.4 Å². The third-order valence-corrected chi connectivity index (χ3v) is 3.62. The van der Waals surface area contributed by atoms with Crippen molar-refractivity contribution in [2.24, 2.45) is 0 Å². The third kappa shape index (κ3) is 3.50. The van der Waals surface area contributed by atoms with E-state index in [4.69, 9.17) is 4.74 Å². The Bertz CT molecular complexity index is 712. The van der Waals surface area contributed by atoms with E-state index in [1.807, 2.05) is 26.0 Å². The fraction of sp³-hybridized carbons (Fsp3) is 0.158. The molecule has 0 amide bonds. The summed E-state index contributed by atoms with van der Waals surface area (Å²) in [5.41, 5.74) is 3.88. The van der Waals surface area contributed by atoms with E-state index in [1.54, 1.807) is 36.4 Å². The van der Waals surface area contributed by atoms with Gasteiger partial charge in [0.05, 0.1) is 5.56 Å². The number of hydrogen-bond acceptors (Lipinski definition) is 3. The molecule has 2 aromatic rings. The maximum atomic E-state index is 12.2. The fourth-order valence-corrected chi connectivity index (χ4v) is 2.10. The van der Waals surface area contributed by atoms with Gasteiger partial charge in [-0.25, -0.2) is 4.79 Å². The van der Waals surface area contributed by atoms with Crippen LogP contribution in [0.15, 0.2) is 49.0 Å². The first kappa shape index (κ1) is 15.7. The molecular formula is C19H18O3. The average molecular weight is 294 g/mol. The predicted molar refractivity (Wildman–Crippen MR) is 87.1 cm³/mol. The van der Waals surface area contributed by atoms with Crippen molar-refractivity contribution in [2.45, 2.75) is 13.8 Å². The molecule has 0 N–H and O–H groups in total. The lowest BCUT2D eigenvalue weighted by atomic mass is 10.0. The van der Waals surface area contributed by atoms with Gasteiger partial charge in [0.15, 0.2) is 6.61 Å². The Morgan fingerprint density at radius 2 is 1.77 bits per heavy atom. The average Bonchev–Trinajstić information content (AvgIpc) is 2.55. The lowest BCUT2D eigenvalue weighted by Gasteiger charge is -2.08. The van der Waals surface area contributed by atoms with Crippen molar-refractivity contribution in [1.82, 2.24) is 0 Å². The number of ether oxygens (including phenoxy) is 1. The number of carbonyl (C=O) groups is 2. The van der Waals surface area contributed by atoms with Gasteiger partial charge >= 0.3 is 5.97 Å². The van der Waals surface area contributed by atoms with Gasteiger partial charge in [-0.1, -0.05) is 43.0 Å². The van der Waals surface area contributed by atoms with Crippen LogP contribution >= 0.6 is 0 Å². The van der Waals surface area contributed by atoms with E-state index in [9.17, 15) is 9.59 Å². The standard InChI is InChI=1S/C19H18O3/c1-4-15-8-10-16(11-9-15)19(21)22-12-18(20)17-7-5-6-13(2)14(17)3/h4-11H,1,12H2,2-3H3. The largest absolute Gasteiger partial charge is 0.454 e. The van der Waals surface area contributed by atoms with Crippen molar-refractivity contribution in [3.05, 3.63) is 76.9 Å². The molecule has 0 aromatic heterocycles. The molecule has 0 unspecified atom stereocenters. The lowest BCUT2D eigenvalue weighted by Crippen LogP contribution is -2.15. The molecule has 22 heavy (non-hydrogen) atoms. The number of esters is 1. The second-order valence-electron chi connectivity index (χ2n) is 5.07. The number of hydrogen-bond donors (Lipinski definition) is 0. The molecule has 2 rings (SSSR count). The first-order valence-corrected chi connectivity index (χ1v) is 7.02. The van der Waals surface area contributed by atoms with Crippen LogP contribution in [0.25, 0.3) is 6.08 Å². The molecular weight excluding hydrogens is 276 g/mol. The number of ketones is 1. The molecule has 0 aliphatic heterocycles. The maximum Gasteiger partial charge on any atom is 0.338 e. The summed E-state index contributed by atoms with van der Waals surface area (Å²) in [7, 11) is 0. The summed E-state index contributed by atoms with van der Waals surface area (Å²) in [4.78, 5) is 24.1. The minimum atomic E-state index is -0.505. The molecule has 0 atom stereocenters. The van der Waals surface area contributed by atoms with Gasteiger partial charge in [0.1, 0.15) is 0 Å². The Morgan fingerprint density at radius 3 is 2.41 bits per heavy atom. The third-order valence-electron chi connectivity index (χ3n) is 3.62. The van der Waals surface area contributed by atoms with Crippen molar-refractivity contribution in [1.29, 1.82) is 0 Å². The van der Waals surface area contributed by atoms with Crippen LogP contribution in [0, 0.1) is 13.8 Å². The zero-order chi connectivity index (χ0) is 16.1. The molecule has 0 aliphatic carbocycles. The summed E-state index contributed by atoms with van der Waals surface area (Å²) in [6, 6.07) is 12.4. The Labute approximate surface area is 130 Å².